The maximum Gasteiger partial charge on any atom is 0.318 e. The molecule has 0 radical (unpaired) electrons. The lowest BCUT2D eigenvalue weighted by Gasteiger charge is -2.40. The van der Waals surface area contributed by atoms with Crippen molar-refractivity contribution in [1.82, 2.24) is 20.1 Å². The first kappa shape index (κ1) is 34.8. The molecule has 49 heavy (non-hydrogen) atoms. The number of hydrogen-bond acceptors (Lipinski definition) is 4. The van der Waals surface area contributed by atoms with Gasteiger partial charge < -0.3 is 29.7 Å². The van der Waals surface area contributed by atoms with Crippen LogP contribution in [0.5, 0.6) is 5.75 Å². The number of hydrogen-bond donors (Lipinski definition) is 2. The molecule has 3 atom stereocenters. The van der Waals surface area contributed by atoms with Crippen LogP contribution in [-0.4, -0.2) is 79.1 Å². The molecule has 0 aliphatic carbocycles. The van der Waals surface area contributed by atoms with Crippen LogP contribution in [0.2, 0.25) is 5.02 Å². The number of aromatic amines is 1. The summed E-state index contributed by atoms with van der Waals surface area (Å²) in [6, 6.07) is 21.3. The van der Waals surface area contributed by atoms with E-state index in [4.69, 9.17) is 16.3 Å². The number of carbonyl (C=O) groups excluding carboxylic acids is 2. The molecular weight excluding hydrogens is 634 g/mol. The van der Waals surface area contributed by atoms with Gasteiger partial charge >= 0.3 is 6.03 Å². The van der Waals surface area contributed by atoms with Gasteiger partial charge in [0.1, 0.15) is 11.8 Å². The summed E-state index contributed by atoms with van der Waals surface area (Å²) in [7, 11) is 2.14. The molecule has 3 heterocycles. The number of urea groups is 1. The highest BCUT2D eigenvalue weighted by Crippen LogP contribution is 2.36. The number of anilines is 1. The monoisotopic (exact) mass is 683 g/mol. The smallest absolute Gasteiger partial charge is 0.318 e. The largest absolute Gasteiger partial charge is 0.494 e. The lowest BCUT2D eigenvalue weighted by Crippen LogP contribution is -2.57. The maximum absolute atomic E-state index is 14.9. The van der Waals surface area contributed by atoms with E-state index in [0.717, 1.165) is 72.2 Å². The van der Waals surface area contributed by atoms with Crippen molar-refractivity contribution in [3.63, 3.8) is 0 Å². The summed E-state index contributed by atoms with van der Waals surface area (Å²) in [6.45, 7) is 10.6. The summed E-state index contributed by atoms with van der Waals surface area (Å²) in [4.78, 5) is 38.5. The van der Waals surface area contributed by atoms with Crippen molar-refractivity contribution in [2.24, 2.45) is 5.92 Å². The molecule has 9 heteroatoms. The number of likely N-dealkylation sites (tertiary alicyclic amines) is 1. The summed E-state index contributed by atoms with van der Waals surface area (Å²) in [5.74, 6) is 1.09. The molecule has 2 N–H and O–H groups in total. The third kappa shape index (κ3) is 7.92. The van der Waals surface area contributed by atoms with Crippen molar-refractivity contribution >= 4 is 40.1 Å². The van der Waals surface area contributed by atoms with E-state index in [1.165, 1.54) is 5.56 Å². The van der Waals surface area contributed by atoms with Crippen molar-refractivity contribution in [1.29, 1.82) is 0 Å². The van der Waals surface area contributed by atoms with Gasteiger partial charge in [-0.05, 0) is 111 Å². The zero-order valence-electron chi connectivity index (χ0n) is 29.3. The molecule has 0 saturated carbocycles. The van der Waals surface area contributed by atoms with Crippen molar-refractivity contribution in [3.05, 3.63) is 94.6 Å². The number of ether oxygens (including phenoxy) is 1. The number of nitrogens with zero attached hydrogens (tertiary/aromatic N) is 3. The van der Waals surface area contributed by atoms with Gasteiger partial charge in [-0.2, -0.15) is 0 Å². The molecule has 2 aliphatic heterocycles. The molecule has 260 valence electrons. The lowest BCUT2D eigenvalue weighted by atomic mass is 9.88. The summed E-state index contributed by atoms with van der Waals surface area (Å²) in [5.41, 5.74) is 5.21. The lowest BCUT2D eigenvalue weighted by molar-refractivity contribution is -0.121. The fraction of sp³-hybridized carbons (Fsp3) is 0.450. The van der Waals surface area contributed by atoms with Crippen LogP contribution < -0.4 is 15.0 Å². The third-order valence-electron chi connectivity index (χ3n) is 10.3. The molecule has 6 rings (SSSR count). The Morgan fingerprint density at radius 1 is 1.06 bits per heavy atom. The average Bonchev–Trinajstić information content (AvgIpc) is 3.54. The standard InChI is InChI=1S/C40H50ClN5O3/c1-5-18-44(4)25-28-21-31-22-32(41)14-15-37(31)46(26-28)39(47)38(27(3)35-24-42-36-13-8-7-12-34(35)36)43-40(48)45-19-16-29(17-20-45)30-10-9-11-33(23-30)49-6-2/h7-15,22-24,27-29,38,42H,5-6,16-21,25-26H2,1-4H3,(H,43,48)/t27?,28-,38?/m1/s1. The van der Waals surface area contributed by atoms with Crippen molar-refractivity contribution in [2.45, 2.75) is 64.3 Å². The first-order valence-corrected chi connectivity index (χ1v) is 18.3. The van der Waals surface area contributed by atoms with Crippen LogP contribution in [-0.2, 0) is 11.2 Å². The zero-order chi connectivity index (χ0) is 34.5. The molecule has 1 saturated heterocycles. The normalized spacial score (nSPS) is 18.0. The zero-order valence-corrected chi connectivity index (χ0v) is 30.0. The van der Waals surface area contributed by atoms with Crippen LogP contribution >= 0.6 is 11.6 Å². The van der Waals surface area contributed by atoms with Gasteiger partial charge in [0.05, 0.1) is 6.61 Å². The summed E-state index contributed by atoms with van der Waals surface area (Å²) in [6.07, 6.45) is 5.61. The molecule has 0 spiro atoms. The number of piperidine rings is 1. The summed E-state index contributed by atoms with van der Waals surface area (Å²) in [5, 5.41) is 4.98. The number of aromatic nitrogens is 1. The summed E-state index contributed by atoms with van der Waals surface area (Å²) < 4.78 is 5.73. The van der Waals surface area contributed by atoms with Crippen molar-refractivity contribution in [3.8, 4) is 5.75 Å². The van der Waals surface area contributed by atoms with Crippen LogP contribution in [0.15, 0.2) is 72.9 Å². The Morgan fingerprint density at radius 2 is 1.86 bits per heavy atom. The average molecular weight is 684 g/mol. The number of halogens is 1. The third-order valence-corrected chi connectivity index (χ3v) is 10.5. The predicted octanol–water partition coefficient (Wildman–Crippen LogP) is 7.83. The number of fused-ring (bicyclic) bond motifs is 2. The van der Waals surface area contributed by atoms with Gasteiger partial charge in [0.25, 0.3) is 0 Å². The van der Waals surface area contributed by atoms with Crippen molar-refractivity contribution in [2.75, 3.05) is 51.3 Å². The minimum atomic E-state index is -0.775. The second kappa shape index (κ2) is 15.7. The molecule has 8 nitrogen and oxygen atoms in total. The topological polar surface area (TPSA) is 80.9 Å². The Balaban J connectivity index is 1.26. The number of nitrogens with one attached hydrogen (secondary N) is 2. The van der Waals surface area contributed by atoms with Gasteiger partial charge in [-0.15, -0.1) is 0 Å². The fourth-order valence-electron chi connectivity index (χ4n) is 7.84. The van der Waals surface area contributed by atoms with Crippen molar-refractivity contribution < 1.29 is 14.3 Å². The molecule has 2 aliphatic rings. The van der Waals surface area contributed by atoms with Gasteiger partial charge in [0.2, 0.25) is 5.91 Å². The number of benzene rings is 3. The maximum atomic E-state index is 14.9. The molecule has 4 aromatic rings. The van der Waals surface area contributed by atoms with Gasteiger partial charge in [0.15, 0.2) is 0 Å². The number of rotatable bonds is 11. The van der Waals surface area contributed by atoms with E-state index in [0.29, 0.717) is 37.2 Å². The number of amides is 3. The number of H-pyrrole nitrogens is 1. The Bertz CT molecular complexity index is 1750. The Labute approximate surface area is 295 Å². The van der Waals surface area contributed by atoms with Gasteiger partial charge in [-0.1, -0.05) is 55.8 Å². The molecule has 0 bridgehead atoms. The quantitative estimate of drug-likeness (QED) is 0.169. The highest BCUT2D eigenvalue weighted by atomic mass is 35.5. The number of carbonyl (C=O) groups is 2. The second-order valence-corrected chi connectivity index (χ2v) is 14.3. The van der Waals surface area contributed by atoms with E-state index in [9.17, 15) is 9.59 Å². The van der Waals surface area contributed by atoms with E-state index in [2.05, 4.69) is 54.3 Å². The fourth-order valence-corrected chi connectivity index (χ4v) is 8.04. The van der Waals surface area contributed by atoms with Gasteiger partial charge in [-0.3, -0.25) is 4.79 Å². The molecule has 1 aromatic heterocycles. The van der Waals surface area contributed by atoms with Crippen LogP contribution in [0.4, 0.5) is 10.5 Å². The highest BCUT2D eigenvalue weighted by molar-refractivity contribution is 6.30. The van der Waals surface area contributed by atoms with E-state index in [1.807, 2.05) is 71.5 Å². The van der Waals surface area contributed by atoms with Crippen LogP contribution in [0, 0.1) is 5.92 Å². The van der Waals surface area contributed by atoms with E-state index < -0.39 is 6.04 Å². The Kier molecular flexibility index (Phi) is 11.2. The van der Waals surface area contributed by atoms with Crippen LogP contribution in [0.3, 0.4) is 0 Å². The molecule has 2 unspecified atom stereocenters. The van der Waals surface area contributed by atoms with Gasteiger partial charge in [0, 0.05) is 59.9 Å². The van der Waals surface area contributed by atoms with E-state index in [1.54, 1.807) is 0 Å². The summed E-state index contributed by atoms with van der Waals surface area (Å²) >= 11 is 6.48. The minimum absolute atomic E-state index is 0.0971. The first-order chi connectivity index (χ1) is 23.7. The SMILES string of the molecule is CCCN(C)C[C@H]1Cc2cc(Cl)ccc2N(C(=O)C(NC(=O)N2CCC(c3cccc(OCC)c3)CC2)C(C)c2c[nH]c3ccccc23)C1. The second-order valence-electron chi connectivity index (χ2n) is 13.8. The first-order valence-electron chi connectivity index (χ1n) is 17.9. The van der Waals surface area contributed by atoms with Crippen LogP contribution in [0.25, 0.3) is 10.9 Å². The Morgan fingerprint density at radius 3 is 2.63 bits per heavy atom. The van der Waals surface area contributed by atoms with E-state index >= 15 is 0 Å². The molecule has 1 fully saturated rings. The molecule has 3 amide bonds. The molecular formula is C40H50ClN5O3. The Hall–Kier alpha value is -4.01. The minimum Gasteiger partial charge on any atom is -0.494 e. The van der Waals surface area contributed by atoms with E-state index in [-0.39, 0.29) is 23.8 Å². The molecule has 3 aromatic carbocycles. The number of para-hydroxylation sites is 1. The highest BCUT2D eigenvalue weighted by Gasteiger charge is 2.38. The van der Waals surface area contributed by atoms with Crippen LogP contribution in [0.1, 0.15) is 68.6 Å². The van der Waals surface area contributed by atoms with Gasteiger partial charge in [-0.25, -0.2) is 4.79 Å². The predicted molar refractivity (Wildman–Crippen MR) is 199 cm³/mol.